The second-order valence-electron chi connectivity index (χ2n) is 5.30. The molecule has 3 heterocycles. The summed E-state index contributed by atoms with van der Waals surface area (Å²) < 4.78 is 7.26. The molecule has 0 atom stereocenters. The van der Waals surface area contributed by atoms with Gasteiger partial charge in [0, 0.05) is 28.6 Å². The van der Waals surface area contributed by atoms with Gasteiger partial charge in [0.1, 0.15) is 5.65 Å². The number of rotatable bonds is 4. The molecule has 25 heavy (non-hydrogen) atoms. The molecule has 0 unspecified atom stereocenters. The molecule has 7 heteroatoms. The molecule has 0 amide bonds. The summed E-state index contributed by atoms with van der Waals surface area (Å²) >= 11 is 7.29. The lowest BCUT2D eigenvalue weighted by Crippen LogP contribution is -2.14. The molecule has 0 fully saturated rings. The van der Waals surface area contributed by atoms with Gasteiger partial charge in [0.25, 0.3) is 10.8 Å². The van der Waals surface area contributed by atoms with Gasteiger partial charge in [-0.25, -0.2) is 9.97 Å². The maximum atomic E-state index is 12.1. The summed E-state index contributed by atoms with van der Waals surface area (Å²) in [7, 11) is 0. The average Bonchev–Trinajstić information content (AvgIpc) is 3.10. The standard InChI is InChI=1S/C18H12ClN3O2S/c19-13-6-4-12(5-7-13)15-10-20-18(24-15)25-11-14-9-17(23)22-8-2-1-3-16(22)21-14/h1-10H,11H2. The Balaban J connectivity index is 1.52. The van der Waals surface area contributed by atoms with Crippen molar-refractivity contribution in [3.63, 3.8) is 0 Å². The first-order valence-corrected chi connectivity index (χ1v) is 8.87. The molecule has 1 aromatic carbocycles. The van der Waals surface area contributed by atoms with Crippen LogP contribution < -0.4 is 5.56 Å². The first-order valence-electron chi connectivity index (χ1n) is 7.51. The summed E-state index contributed by atoms with van der Waals surface area (Å²) in [6.07, 6.45) is 3.38. The SMILES string of the molecule is O=c1cc(CSc2ncc(-c3ccc(Cl)cc3)o2)nc2ccccn12. The third-order valence-electron chi connectivity index (χ3n) is 3.58. The van der Waals surface area contributed by atoms with Crippen LogP contribution in [0.25, 0.3) is 17.0 Å². The van der Waals surface area contributed by atoms with E-state index >= 15 is 0 Å². The van der Waals surface area contributed by atoms with Gasteiger partial charge in [0.2, 0.25) is 0 Å². The number of fused-ring (bicyclic) bond motifs is 1. The number of pyridine rings is 1. The molecule has 0 aliphatic heterocycles. The van der Waals surface area contributed by atoms with E-state index in [9.17, 15) is 4.79 Å². The average molecular weight is 370 g/mol. The smallest absolute Gasteiger partial charge is 0.258 e. The Morgan fingerprint density at radius 3 is 2.84 bits per heavy atom. The second kappa shape index (κ2) is 6.74. The quantitative estimate of drug-likeness (QED) is 0.502. The van der Waals surface area contributed by atoms with Crippen LogP contribution >= 0.6 is 23.4 Å². The predicted octanol–water partition coefficient (Wildman–Crippen LogP) is 4.30. The van der Waals surface area contributed by atoms with E-state index in [2.05, 4.69) is 9.97 Å². The zero-order valence-corrected chi connectivity index (χ0v) is 14.5. The minimum absolute atomic E-state index is 0.101. The van der Waals surface area contributed by atoms with Gasteiger partial charge in [-0.1, -0.05) is 29.4 Å². The summed E-state index contributed by atoms with van der Waals surface area (Å²) in [5.74, 6) is 1.17. The molecular formula is C18H12ClN3O2S. The topological polar surface area (TPSA) is 60.4 Å². The second-order valence-corrected chi connectivity index (χ2v) is 6.66. The third-order valence-corrected chi connectivity index (χ3v) is 4.71. The molecule has 0 bridgehead atoms. The van der Waals surface area contributed by atoms with E-state index in [1.807, 2.05) is 18.2 Å². The van der Waals surface area contributed by atoms with Gasteiger partial charge in [-0.2, -0.15) is 0 Å². The van der Waals surface area contributed by atoms with E-state index in [1.54, 1.807) is 36.7 Å². The highest BCUT2D eigenvalue weighted by Crippen LogP contribution is 2.27. The van der Waals surface area contributed by atoms with Gasteiger partial charge in [-0.05, 0) is 36.4 Å². The number of oxazole rings is 1. The molecule has 124 valence electrons. The largest absolute Gasteiger partial charge is 0.431 e. The number of benzene rings is 1. The Bertz CT molecular complexity index is 1090. The van der Waals surface area contributed by atoms with Gasteiger partial charge >= 0.3 is 0 Å². The van der Waals surface area contributed by atoms with Crippen LogP contribution in [-0.4, -0.2) is 14.4 Å². The van der Waals surface area contributed by atoms with Crippen LogP contribution in [0.5, 0.6) is 0 Å². The van der Waals surface area contributed by atoms with Crippen molar-refractivity contribution in [3.8, 4) is 11.3 Å². The summed E-state index contributed by atoms with van der Waals surface area (Å²) in [5.41, 5.74) is 2.12. The van der Waals surface area contributed by atoms with Crippen molar-refractivity contribution in [1.82, 2.24) is 14.4 Å². The van der Waals surface area contributed by atoms with Crippen molar-refractivity contribution in [2.75, 3.05) is 0 Å². The highest BCUT2D eigenvalue weighted by Gasteiger charge is 2.09. The van der Waals surface area contributed by atoms with Crippen molar-refractivity contribution in [1.29, 1.82) is 0 Å². The Morgan fingerprint density at radius 1 is 1.16 bits per heavy atom. The number of hydrogen-bond donors (Lipinski definition) is 0. The molecule has 0 aliphatic carbocycles. The predicted molar refractivity (Wildman–Crippen MR) is 98.0 cm³/mol. The molecule has 0 spiro atoms. The molecule has 0 aliphatic rings. The fraction of sp³-hybridized carbons (Fsp3) is 0.0556. The molecule has 0 saturated heterocycles. The fourth-order valence-electron chi connectivity index (χ4n) is 2.39. The first-order chi connectivity index (χ1) is 12.2. The van der Waals surface area contributed by atoms with E-state index in [-0.39, 0.29) is 5.56 Å². The molecular weight excluding hydrogens is 358 g/mol. The molecule has 0 radical (unpaired) electrons. The normalized spacial score (nSPS) is 11.1. The van der Waals surface area contributed by atoms with Gasteiger partial charge in [0.15, 0.2) is 5.76 Å². The monoisotopic (exact) mass is 369 g/mol. The van der Waals surface area contributed by atoms with Gasteiger partial charge in [-0.15, -0.1) is 0 Å². The Labute approximate surface area is 152 Å². The maximum absolute atomic E-state index is 12.1. The van der Waals surface area contributed by atoms with Crippen LogP contribution in [0.3, 0.4) is 0 Å². The number of hydrogen-bond acceptors (Lipinski definition) is 5. The molecule has 3 aromatic heterocycles. The van der Waals surface area contributed by atoms with Crippen molar-refractivity contribution in [2.24, 2.45) is 0 Å². The molecule has 5 nitrogen and oxygen atoms in total. The minimum atomic E-state index is -0.101. The van der Waals surface area contributed by atoms with Crippen LogP contribution in [0.15, 0.2) is 75.4 Å². The van der Waals surface area contributed by atoms with E-state index in [0.29, 0.717) is 33.1 Å². The first kappa shape index (κ1) is 15.9. The highest BCUT2D eigenvalue weighted by molar-refractivity contribution is 7.98. The van der Waals surface area contributed by atoms with Crippen LogP contribution in [0, 0.1) is 0 Å². The maximum Gasteiger partial charge on any atom is 0.258 e. The van der Waals surface area contributed by atoms with Crippen molar-refractivity contribution in [3.05, 3.63) is 82.0 Å². The number of halogens is 1. The highest BCUT2D eigenvalue weighted by atomic mass is 35.5. The zero-order chi connectivity index (χ0) is 17.2. The van der Waals surface area contributed by atoms with E-state index in [4.69, 9.17) is 16.0 Å². The molecule has 0 saturated carbocycles. The Morgan fingerprint density at radius 2 is 2.00 bits per heavy atom. The summed E-state index contributed by atoms with van der Waals surface area (Å²) in [4.78, 5) is 20.8. The summed E-state index contributed by atoms with van der Waals surface area (Å²) in [5, 5.41) is 1.20. The third kappa shape index (κ3) is 3.45. The zero-order valence-electron chi connectivity index (χ0n) is 12.9. The number of thioether (sulfide) groups is 1. The van der Waals surface area contributed by atoms with Crippen molar-refractivity contribution < 1.29 is 4.42 Å². The van der Waals surface area contributed by atoms with Crippen molar-refractivity contribution >= 4 is 29.0 Å². The van der Waals surface area contributed by atoms with Gasteiger partial charge in [0.05, 0.1) is 11.9 Å². The molecule has 4 rings (SSSR count). The number of nitrogens with zero attached hydrogens (tertiary/aromatic N) is 3. The summed E-state index contributed by atoms with van der Waals surface area (Å²) in [6.45, 7) is 0. The lowest BCUT2D eigenvalue weighted by Gasteiger charge is -2.02. The summed E-state index contributed by atoms with van der Waals surface area (Å²) in [6, 6.07) is 14.4. The van der Waals surface area contributed by atoms with E-state index in [1.165, 1.54) is 22.2 Å². The molecule has 4 aromatic rings. The van der Waals surface area contributed by atoms with E-state index < -0.39 is 0 Å². The van der Waals surface area contributed by atoms with E-state index in [0.717, 1.165) is 5.56 Å². The van der Waals surface area contributed by atoms with Crippen LogP contribution in [-0.2, 0) is 5.75 Å². The Kier molecular flexibility index (Phi) is 4.29. The van der Waals surface area contributed by atoms with Crippen LogP contribution in [0.2, 0.25) is 5.02 Å². The lowest BCUT2D eigenvalue weighted by atomic mass is 10.2. The van der Waals surface area contributed by atoms with Crippen molar-refractivity contribution in [2.45, 2.75) is 11.0 Å². The van der Waals surface area contributed by atoms with Gasteiger partial charge < -0.3 is 4.42 Å². The lowest BCUT2D eigenvalue weighted by molar-refractivity contribution is 0.466. The Hall–Kier alpha value is -2.57. The van der Waals surface area contributed by atoms with Crippen LogP contribution in [0.4, 0.5) is 0 Å². The van der Waals surface area contributed by atoms with Crippen LogP contribution in [0.1, 0.15) is 5.69 Å². The fourth-order valence-corrected chi connectivity index (χ4v) is 3.21. The minimum Gasteiger partial charge on any atom is -0.431 e. The van der Waals surface area contributed by atoms with Gasteiger partial charge in [-0.3, -0.25) is 9.20 Å². The number of aromatic nitrogens is 3. The molecule has 0 N–H and O–H groups in total.